The second-order valence-corrected chi connectivity index (χ2v) is 18.6. The average Bonchev–Trinajstić information content (AvgIpc) is 3.87. The van der Waals surface area contributed by atoms with Crippen LogP contribution < -0.4 is 9.47 Å². The quantitative estimate of drug-likeness (QED) is 0.0776. The monoisotopic (exact) mass is 990 g/mol. The molecular formula is C57H70N2O13. The maximum Gasteiger partial charge on any atom is 0.373 e. The summed E-state index contributed by atoms with van der Waals surface area (Å²) in [4.78, 5) is 32.5. The minimum absolute atomic E-state index is 0.0354. The number of phenolic OH excluding ortho intramolecular Hbond substituents is 2. The highest BCUT2D eigenvalue weighted by Crippen LogP contribution is 2.49. The molecule has 3 aliphatic rings. The number of aromatic nitrogens is 2. The Morgan fingerprint density at radius 1 is 0.611 bits per heavy atom. The molecule has 386 valence electrons. The molecule has 1 saturated heterocycles. The Kier molecular flexibility index (Phi) is 21.5. The highest BCUT2D eigenvalue weighted by molar-refractivity contribution is 5.95. The third-order valence-corrected chi connectivity index (χ3v) is 13.7. The van der Waals surface area contributed by atoms with E-state index in [1.54, 1.807) is 26.4 Å². The fourth-order valence-electron chi connectivity index (χ4n) is 10.7. The van der Waals surface area contributed by atoms with Crippen LogP contribution in [-0.4, -0.2) is 90.7 Å². The van der Waals surface area contributed by atoms with Crippen molar-refractivity contribution in [3.63, 3.8) is 0 Å². The van der Waals surface area contributed by atoms with E-state index < -0.39 is 0 Å². The Balaban J connectivity index is 0.000000223. The Morgan fingerprint density at radius 3 is 1.67 bits per heavy atom. The summed E-state index contributed by atoms with van der Waals surface area (Å²) >= 11 is 0. The van der Waals surface area contributed by atoms with Crippen molar-refractivity contribution in [1.82, 2.24) is 9.13 Å². The number of aromatic hydroxyl groups is 2. The topological polar surface area (TPSA) is 194 Å². The fraction of sp³-hybridized carbons (Fsp3) is 0.474. The van der Waals surface area contributed by atoms with Crippen LogP contribution in [0.15, 0.2) is 72.8 Å². The third-order valence-electron chi connectivity index (χ3n) is 13.7. The van der Waals surface area contributed by atoms with Crippen LogP contribution in [0.4, 0.5) is 0 Å². The van der Waals surface area contributed by atoms with Gasteiger partial charge in [-0.15, -0.1) is 0 Å². The zero-order chi connectivity index (χ0) is 51.4. The van der Waals surface area contributed by atoms with Gasteiger partial charge in [0, 0.05) is 79.0 Å². The maximum absolute atomic E-state index is 10.6. The number of benzene rings is 4. The molecule has 2 saturated carbocycles. The molecule has 9 rings (SSSR count). The summed E-state index contributed by atoms with van der Waals surface area (Å²) in [5, 5.41) is 32.6. The van der Waals surface area contributed by atoms with Crippen LogP contribution in [-0.2, 0) is 51.2 Å². The first kappa shape index (κ1) is 55.0. The number of fused-ring (bicyclic) bond motifs is 2. The van der Waals surface area contributed by atoms with Gasteiger partial charge in [0.1, 0.15) is 23.0 Å². The number of aliphatic hydroxyl groups excluding tert-OH is 1. The molecule has 2 aromatic heterocycles. The van der Waals surface area contributed by atoms with Gasteiger partial charge in [0.25, 0.3) is 0 Å². The van der Waals surface area contributed by atoms with Crippen LogP contribution in [0.5, 0.6) is 23.0 Å². The highest BCUT2D eigenvalue weighted by atomic mass is 16.7. The molecule has 0 amide bonds. The molecule has 6 aromatic rings. The standard InChI is InChI=1S/C32H43NO6.C23H27NO3.2CO2/c1-23-12-14-26-28(19-23)33(16-18-37-30-11-7-8-17-36-30)32(31(26)24-9-5-4-6-10-24)27-15-13-25(38-21-34-2)20-29(27)39-22-35-3;1-15-7-9-18-20(13-15)24(11-12-25)23(19-10-8-17(26)14-21(19)27)22(18)16-5-3-2-4-6-16;2*2-1-3/h12-15,19-20,24,30H,4-11,16-18,21-22H2,1-3H3;7-10,13-14,16,25-27H,2-6,11-12H2,1H3;;. The van der Waals surface area contributed by atoms with Crippen molar-refractivity contribution in [3.05, 3.63) is 95.1 Å². The van der Waals surface area contributed by atoms with Gasteiger partial charge in [-0.3, -0.25) is 0 Å². The molecule has 15 nitrogen and oxygen atoms in total. The van der Waals surface area contributed by atoms with Gasteiger partial charge in [-0.25, -0.2) is 0 Å². The average molecular weight is 991 g/mol. The summed E-state index contributed by atoms with van der Waals surface area (Å²) < 4.78 is 39.1. The smallest absolute Gasteiger partial charge is 0.373 e. The van der Waals surface area contributed by atoms with Gasteiger partial charge in [-0.2, -0.15) is 19.2 Å². The molecule has 0 radical (unpaired) electrons. The van der Waals surface area contributed by atoms with Crippen molar-refractivity contribution in [2.45, 2.75) is 129 Å². The van der Waals surface area contributed by atoms with Crippen molar-refractivity contribution < 1.29 is 62.9 Å². The Morgan fingerprint density at radius 2 is 1.14 bits per heavy atom. The second-order valence-electron chi connectivity index (χ2n) is 18.6. The van der Waals surface area contributed by atoms with Gasteiger partial charge in [0.2, 0.25) is 0 Å². The first-order valence-corrected chi connectivity index (χ1v) is 25.1. The molecule has 1 atom stereocenters. The number of phenols is 2. The number of rotatable bonds is 16. The number of hydrogen-bond acceptors (Lipinski definition) is 13. The molecule has 4 aromatic carbocycles. The molecule has 2 aliphatic carbocycles. The lowest BCUT2D eigenvalue weighted by molar-refractivity contribution is -0.193. The molecule has 3 heterocycles. The summed E-state index contributed by atoms with van der Waals surface area (Å²) in [6.45, 7) is 7.18. The van der Waals surface area contributed by atoms with Crippen LogP contribution in [0.2, 0.25) is 0 Å². The van der Waals surface area contributed by atoms with E-state index in [4.69, 9.17) is 47.6 Å². The predicted octanol–water partition coefficient (Wildman–Crippen LogP) is 11.1. The lowest BCUT2D eigenvalue weighted by atomic mass is 9.81. The lowest BCUT2D eigenvalue weighted by Gasteiger charge is -2.25. The lowest BCUT2D eigenvalue weighted by Crippen LogP contribution is -2.24. The Hall–Kier alpha value is -6.28. The number of methoxy groups -OCH3 is 2. The SMILES string of the molecule is COCOc1ccc(-c2c(C3CCCCC3)c3ccc(C)cc3n2CCOC2CCCCO2)c(OCOC)c1.Cc1ccc2c(C3CCCCC3)c(-c3ccc(O)cc3O)n(CCO)c2c1.O=C=O.O=C=O. The van der Waals surface area contributed by atoms with E-state index in [-0.39, 0.29) is 50.3 Å². The number of carbonyl (C=O) groups excluding carboxylic acids is 4. The van der Waals surface area contributed by atoms with E-state index >= 15 is 0 Å². The normalized spacial score (nSPS) is 16.0. The van der Waals surface area contributed by atoms with Crippen molar-refractivity contribution in [2.24, 2.45) is 0 Å². The summed E-state index contributed by atoms with van der Waals surface area (Å²) in [7, 11) is 3.26. The minimum atomic E-state index is -0.110. The van der Waals surface area contributed by atoms with Gasteiger partial charge in [-0.05, 0) is 129 Å². The summed E-state index contributed by atoms with van der Waals surface area (Å²) in [5.74, 6) is 2.51. The van der Waals surface area contributed by atoms with Crippen molar-refractivity contribution in [2.75, 3.05) is 47.6 Å². The van der Waals surface area contributed by atoms with E-state index in [1.165, 1.54) is 102 Å². The molecule has 0 bridgehead atoms. The van der Waals surface area contributed by atoms with E-state index in [9.17, 15) is 15.3 Å². The highest BCUT2D eigenvalue weighted by Gasteiger charge is 2.30. The van der Waals surface area contributed by atoms with E-state index in [1.807, 2.05) is 12.1 Å². The van der Waals surface area contributed by atoms with Crippen LogP contribution >= 0.6 is 0 Å². The van der Waals surface area contributed by atoms with Gasteiger partial charge >= 0.3 is 12.3 Å². The summed E-state index contributed by atoms with van der Waals surface area (Å²) in [6, 6.07) is 24.2. The van der Waals surface area contributed by atoms with E-state index in [2.05, 4.69) is 65.4 Å². The van der Waals surface area contributed by atoms with E-state index in [0.29, 0.717) is 30.7 Å². The fourth-order valence-corrected chi connectivity index (χ4v) is 10.7. The number of aryl methyl sites for hydroxylation is 2. The third kappa shape index (κ3) is 13.8. The van der Waals surface area contributed by atoms with Gasteiger partial charge in [0.15, 0.2) is 19.9 Å². The molecule has 3 N–H and O–H groups in total. The molecule has 0 spiro atoms. The first-order valence-electron chi connectivity index (χ1n) is 25.1. The summed E-state index contributed by atoms with van der Waals surface area (Å²) in [5.41, 5.74) is 11.4. The van der Waals surface area contributed by atoms with E-state index in [0.717, 1.165) is 73.3 Å². The van der Waals surface area contributed by atoms with Gasteiger partial charge < -0.3 is 52.9 Å². The number of hydrogen-bond donors (Lipinski definition) is 3. The maximum atomic E-state index is 10.6. The first-order chi connectivity index (χ1) is 35.1. The summed E-state index contributed by atoms with van der Waals surface area (Å²) in [6.07, 6.45) is 15.9. The molecular weight excluding hydrogens is 921 g/mol. The van der Waals surface area contributed by atoms with Crippen molar-refractivity contribution in [3.8, 4) is 45.5 Å². The molecule has 72 heavy (non-hydrogen) atoms. The van der Waals surface area contributed by atoms with Crippen molar-refractivity contribution in [1.29, 1.82) is 0 Å². The number of aliphatic hydroxyl groups is 1. The molecule has 3 fully saturated rings. The van der Waals surface area contributed by atoms with Crippen molar-refractivity contribution >= 4 is 34.1 Å². The predicted molar refractivity (Wildman–Crippen MR) is 271 cm³/mol. The van der Waals surface area contributed by atoms with Crippen LogP contribution in [0.3, 0.4) is 0 Å². The molecule has 15 heteroatoms. The molecule has 1 unspecified atom stereocenters. The number of ether oxygens (including phenoxy) is 6. The minimum Gasteiger partial charge on any atom is -0.508 e. The largest absolute Gasteiger partial charge is 0.508 e. The van der Waals surface area contributed by atoms with Gasteiger partial charge in [-0.1, -0.05) is 62.8 Å². The zero-order valence-electron chi connectivity index (χ0n) is 42.1. The Bertz CT molecular complexity index is 2720. The van der Waals surface area contributed by atoms with Crippen LogP contribution in [0.25, 0.3) is 44.3 Å². The van der Waals surface area contributed by atoms with Crippen LogP contribution in [0.1, 0.15) is 118 Å². The van der Waals surface area contributed by atoms with Gasteiger partial charge in [0.05, 0.1) is 24.6 Å². The van der Waals surface area contributed by atoms with Crippen LogP contribution in [0, 0.1) is 13.8 Å². The second kappa shape index (κ2) is 28.1. The number of nitrogens with zero attached hydrogens (tertiary/aromatic N) is 2. The Labute approximate surface area is 421 Å². The molecule has 1 aliphatic heterocycles. The zero-order valence-corrected chi connectivity index (χ0v) is 42.1.